The molecule has 1 rings (SSSR count). The summed E-state index contributed by atoms with van der Waals surface area (Å²) in [6.45, 7) is 11.0. The van der Waals surface area contributed by atoms with Crippen molar-refractivity contribution in [2.24, 2.45) is 11.3 Å². The van der Waals surface area contributed by atoms with Gasteiger partial charge < -0.3 is 14.2 Å². The third-order valence-corrected chi connectivity index (χ3v) is 3.31. The van der Waals surface area contributed by atoms with Gasteiger partial charge in [0.1, 0.15) is 0 Å². The molecule has 0 aromatic rings. The average molecular weight is 272 g/mol. The Morgan fingerprint density at radius 1 is 1.26 bits per heavy atom. The van der Waals surface area contributed by atoms with Crippen molar-refractivity contribution in [2.45, 2.75) is 66.1 Å². The minimum Gasteiger partial charge on any atom is -0.438 e. The van der Waals surface area contributed by atoms with Crippen molar-refractivity contribution < 1.29 is 19.0 Å². The molecule has 19 heavy (non-hydrogen) atoms. The fourth-order valence-corrected chi connectivity index (χ4v) is 2.28. The first-order valence-electron chi connectivity index (χ1n) is 7.27. The van der Waals surface area contributed by atoms with E-state index in [1.54, 1.807) is 0 Å². The maximum Gasteiger partial charge on any atom is 0.313 e. The van der Waals surface area contributed by atoms with Gasteiger partial charge >= 0.3 is 5.97 Å². The van der Waals surface area contributed by atoms with Crippen LogP contribution in [-0.4, -0.2) is 31.6 Å². The van der Waals surface area contributed by atoms with Crippen molar-refractivity contribution in [3.63, 3.8) is 0 Å². The van der Waals surface area contributed by atoms with E-state index in [9.17, 15) is 4.79 Å². The molecule has 0 aliphatic carbocycles. The molecule has 4 heteroatoms. The zero-order chi connectivity index (χ0) is 14.5. The van der Waals surface area contributed by atoms with Gasteiger partial charge in [-0.25, -0.2) is 0 Å². The van der Waals surface area contributed by atoms with E-state index in [2.05, 4.69) is 27.7 Å². The van der Waals surface area contributed by atoms with Crippen LogP contribution in [0.15, 0.2) is 0 Å². The first-order chi connectivity index (χ1) is 8.87. The Labute approximate surface area is 116 Å². The van der Waals surface area contributed by atoms with Gasteiger partial charge in [-0.05, 0) is 24.7 Å². The number of hydrogen-bond acceptors (Lipinski definition) is 4. The molecular weight excluding hydrogens is 244 g/mol. The van der Waals surface area contributed by atoms with Crippen LogP contribution < -0.4 is 0 Å². The zero-order valence-electron chi connectivity index (χ0n) is 12.9. The molecule has 0 N–H and O–H groups in total. The predicted molar refractivity (Wildman–Crippen MR) is 73.7 cm³/mol. The molecular formula is C15H28O4. The van der Waals surface area contributed by atoms with E-state index in [1.807, 2.05) is 6.92 Å². The maximum absolute atomic E-state index is 12.0. The summed E-state index contributed by atoms with van der Waals surface area (Å²) in [6, 6.07) is 0. The quantitative estimate of drug-likeness (QED) is 0.423. The molecule has 0 amide bonds. The van der Waals surface area contributed by atoms with Crippen molar-refractivity contribution in [3.8, 4) is 0 Å². The molecule has 112 valence electrons. The minimum atomic E-state index is -0.184. The van der Waals surface area contributed by atoms with Crippen LogP contribution in [0.4, 0.5) is 0 Å². The number of ether oxygens (including phenoxy) is 3. The highest BCUT2D eigenvalue weighted by atomic mass is 16.7. The number of hydrogen-bond donors (Lipinski definition) is 0. The van der Waals surface area contributed by atoms with Gasteiger partial charge in [-0.1, -0.05) is 34.6 Å². The van der Waals surface area contributed by atoms with Gasteiger partial charge in [0.25, 0.3) is 0 Å². The Balaban J connectivity index is 2.32. The van der Waals surface area contributed by atoms with Crippen LogP contribution in [0.3, 0.4) is 0 Å². The molecule has 0 aromatic heterocycles. The molecule has 0 spiro atoms. The number of rotatable bonds is 6. The first kappa shape index (κ1) is 16.4. The summed E-state index contributed by atoms with van der Waals surface area (Å²) in [5, 5.41) is 0. The fraction of sp³-hybridized carbons (Fsp3) is 0.933. The van der Waals surface area contributed by atoms with Crippen molar-refractivity contribution in [1.82, 2.24) is 0 Å². The summed E-state index contributed by atoms with van der Waals surface area (Å²) in [6.07, 6.45) is 2.76. The summed E-state index contributed by atoms with van der Waals surface area (Å²) in [7, 11) is 0. The van der Waals surface area contributed by atoms with Gasteiger partial charge in [-0.15, -0.1) is 0 Å². The Hall–Kier alpha value is -0.610. The lowest BCUT2D eigenvalue weighted by Gasteiger charge is -2.19. The lowest BCUT2D eigenvalue weighted by molar-refractivity contribution is -0.165. The number of esters is 1. The molecule has 0 radical (unpaired) electrons. The van der Waals surface area contributed by atoms with E-state index >= 15 is 0 Å². The summed E-state index contributed by atoms with van der Waals surface area (Å²) in [5.41, 5.74) is 0.0855. The van der Waals surface area contributed by atoms with E-state index in [1.165, 1.54) is 0 Å². The van der Waals surface area contributed by atoms with Crippen LogP contribution in [-0.2, 0) is 19.0 Å². The number of carbonyl (C=O) groups excluding carboxylic acids is 1. The molecule has 3 unspecified atom stereocenters. The van der Waals surface area contributed by atoms with E-state index in [0.29, 0.717) is 6.61 Å². The monoisotopic (exact) mass is 272 g/mol. The van der Waals surface area contributed by atoms with Crippen LogP contribution in [0.5, 0.6) is 0 Å². The standard InChI is InChI=1S/C15H28O4/c1-6-11-8-12(13(7-2)19-11)14(16)18-10-17-9-15(3,4)5/h11-13H,6-10H2,1-5H3. The molecule has 1 aliphatic heterocycles. The highest BCUT2D eigenvalue weighted by Crippen LogP contribution is 2.31. The van der Waals surface area contributed by atoms with Crippen LogP contribution >= 0.6 is 0 Å². The van der Waals surface area contributed by atoms with Crippen LogP contribution in [0.25, 0.3) is 0 Å². The molecule has 1 heterocycles. The first-order valence-corrected chi connectivity index (χ1v) is 7.27. The molecule has 0 saturated carbocycles. The molecule has 0 aromatic carbocycles. The summed E-state index contributed by atoms with van der Waals surface area (Å²) in [5.74, 6) is -0.315. The third-order valence-electron chi connectivity index (χ3n) is 3.31. The van der Waals surface area contributed by atoms with E-state index in [0.717, 1.165) is 19.3 Å². The maximum atomic E-state index is 12.0. The van der Waals surface area contributed by atoms with Crippen molar-refractivity contribution >= 4 is 5.97 Å². The van der Waals surface area contributed by atoms with Crippen molar-refractivity contribution in [3.05, 3.63) is 0 Å². The largest absolute Gasteiger partial charge is 0.438 e. The lowest BCUT2D eigenvalue weighted by Crippen LogP contribution is -2.27. The normalized spacial score (nSPS) is 27.5. The average Bonchev–Trinajstić information content (AvgIpc) is 2.76. The van der Waals surface area contributed by atoms with Gasteiger partial charge in [0.05, 0.1) is 24.7 Å². The molecule has 3 atom stereocenters. The highest BCUT2D eigenvalue weighted by Gasteiger charge is 2.38. The molecule has 0 bridgehead atoms. The van der Waals surface area contributed by atoms with Gasteiger partial charge in [0, 0.05) is 0 Å². The molecule has 1 saturated heterocycles. The van der Waals surface area contributed by atoms with E-state index in [4.69, 9.17) is 14.2 Å². The van der Waals surface area contributed by atoms with E-state index in [-0.39, 0.29) is 36.3 Å². The van der Waals surface area contributed by atoms with Gasteiger partial charge in [0.2, 0.25) is 0 Å². The predicted octanol–water partition coefficient (Wildman–Crippen LogP) is 3.14. The Kier molecular flexibility index (Phi) is 6.27. The fourth-order valence-electron chi connectivity index (χ4n) is 2.28. The van der Waals surface area contributed by atoms with E-state index < -0.39 is 0 Å². The van der Waals surface area contributed by atoms with Crippen molar-refractivity contribution in [1.29, 1.82) is 0 Å². The molecule has 1 aliphatic rings. The van der Waals surface area contributed by atoms with Crippen molar-refractivity contribution in [2.75, 3.05) is 13.4 Å². The second-order valence-electron chi connectivity index (χ2n) is 6.45. The van der Waals surface area contributed by atoms with Gasteiger partial charge in [-0.3, -0.25) is 4.79 Å². The topological polar surface area (TPSA) is 44.8 Å². The molecule has 4 nitrogen and oxygen atoms in total. The number of carbonyl (C=O) groups is 1. The van der Waals surface area contributed by atoms with Crippen LogP contribution in [0.2, 0.25) is 0 Å². The van der Waals surface area contributed by atoms with Crippen LogP contribution in [0.1, 0.15) is 53.9 Å². The summed E-state index contributed by atoms with van der Waals surface area (Å²) >= 11 is 0. The summed E-state index contributed by atoms with van der Waals surface area (Å²) < 4.78 is 16.4. The smallest absolute Gasteiger partial charge is 0.313 e. The Morgan fingerprint density at radius 3 is 2.47 bits per heavy atom. The summed E-state index contributed by atoms with van der Waals surface area (Å²) in [4.78, 5) is 12.0. The zero-order valence-corrected chi connectivity index (χ0v) is 12.9. The third kappa shape index (κ3) is 5.49. The Bertz CT molecular complexity index is 282. The van der Waals surface area contributed by atoms with Gasteiger partial charge in [-0.2, -0.15) is 0 Å². The molecule has 1 fully saturated rings. The lowest BCUT2D eigenvalue weighted by atomic mass is 9.97. The second-order valence-corrected chi connectivity index (χ2v) is 6.45. The van der Waals surface area contributed by atoms with Gasteiger partial charge in [0.15, 0.2) is 6.79 Å². The minimum absolute atomic E-state index is 0.0000612. The van der Waals surface area contributed by atoms with Crippen LogP contribution in [0, 0.1) is 11.3 Å². The SMILES string of the molecule is CCC1CC(C(=O)OCOCC(C)(C)C)C(CC)O1. The second kappa shape index (κ2) is 7.25. The Morgan fingerprint density at radius 2 is 1.95 bits per heavy atom. The highest BCUT2D eigenvalue weighted by molar-refractivity contribution is 5.73.